The van der Waals surface area contributed by atoms with Crippen LogP contribution in [0.25, 0.3) is 10.9 Å². The number of aromatic nitrogens is 1. The molecule has 0 atom stereocenters. The lowest BCUT2D eigenvalue weighted by molar-refractivity contribution is -0.126. The van der Waals surface area contributed by atoms with E-state index in [9.17, 15) is 9.90 Å². The van der Waals surface area contributed by atoms with Crippen molar-refractivity contribution in [2.45, 2.75) is 19.4 Å². The molecule has 190 valence electrons. The Morgan fingerprint density at radius 1 is 1.06 bits per heavy atom. The molecule has 2 fully saturated rings. The van der Waals surface area contributed by atoms with Gasteiger partial charge < -0.3 is 30.1 Å². The molecule has 3 heterocycles. The van der Waals surface area contributed by atoms with Crippen LogP contribution in [-0.2, 0) is 11.3 Å². The summed E-state index contributed by atoms with van der Waals surface area (Å²) in [6, 6.07) is 14.2. The maximum Gasteiger partial charge on any atom is 0.223 e. The summed E-state index contributed by atoms with van der Waals surface area (Å²) < 4.78 is 0. The number of likely N-dealkylation sites (N-methyl/N-ethyl adjacent to an activating group) is 1. The van der Waals surface area contributed by atoms with Gasteiger partial charge in [-0.2, -0.15) is 0 Å². The summed E-state index contributed by atoms with van der Waals surface area (Å²) in [5, 5.41) is 14.6. The topological polar surface area (TPSA) is 87.2 Å². The summed E-state index contributed by atoms with van der Waals surface area (Å²) in [4.78, 5) is 27.3. The van der Waals surface area contributed by atoms with Crippen LogP contribution in [0.3, 0.4) is 0 Å². The Morgan fingerprint density at radius 2 is 1.81 bits per heavy atom. The number of nitrogens with zero attached hydrogens (tertiary/aromatic N) is 4. The summed E-state index contributed by atoms with van der Waals surface area (Å²) >= 11 is 0. The monoisotopic (exact) mass is 488 g/mol. The Balaban J connectivity index is 1.29. The van der Waals surface area contributed by atoms with E-state index in [1.807, 2.05) is 30.3 Å². The average molecular weight is 489 g/mol. The molecular weight excluding hydrogens is 452 g/mol. The summed E-state index contributed by atoms with van der Waals surface area (Å²) in [6.45, 7) is 6.51. The maximum absolute atomic E-state index is 12.6. The van der Waals surface area contributed by atoms with Gasteiger partial charge in [-0.25, -0.2) is 0 Å². The first kappa shape index (κ1) is 24.3. The quantitative estimate of drug-likeness (QED) is 0.464. The van der Waals surface area contributed by atoms with Crippen LogP contribution < -0.4 is 10.2 Å². The molecule has 5 rings (SSSR count). The molecule has 0 spiro atoms. The highest BCUT2D eigenvalue weighted by molar-refractivity contribution is 6.03. The van der Waals surface area contributed by atoms with Crippen molar-refractivity contribution in [3.05, 3.63) is 53.6 Å². The summed E-state index contributed by atoms with van der Waals surface area (Å²) in [7, 11) is 4.25. The zero-order valence-corrected chi connectivity index (χ0v) is 21.2. The van der Waals surface area contributed by atoms with E-state index >= 15 is 0 Å². The van der Waals surface area contributed by atoms with Gasteiger partial charge in [0.25, 0.3) is 0 Å². The van der Waals surface area contributed by atoms with Gasteiger partial charge in [0, 0.05) is 61.4 Å². The van der Waals surface area contributed by atoms with Crippen LogP contribution >= 0.6 is 0 Å². The first-order valence-corrected chi connectivity index (χ1v) is 12.8. The van der Waals surface area contributed by atoms with Crippen LogP contribution in [0.4, 0.5) is 11.4 Å². The van der Waals surface area contributed by atoms with Gasteiger partial charge in [0.2, 0.25) is 5.91 Å². The number of rotatable bonds is 6. The Kier molecular flexibility index (Phi) is 7.25. The van der Waals surface area contributed by atoms with Crippen molar-refractivity contribution in [3.8, 4) is 5.88 Å². The molecule has 1 aromatic heterocycles. The zero-order chi connectivity index (χ0) is 25.1. The largest absolute Gasteiger partial charge is 0.494 e. The van der Waals surface area contributed by atoms with Crippen molar-refractivity contribution >= 4 is 34.4 Å². The number of aromatic hydroxyl groups is 1. The standard InChI is InChI=1S/C28H36N6O2/c1-32-10-8-21(9-11-32)27(35)30-18-20-6-7-26-24(16-20)25(28(36)31-26)19-29-22-4-3-5-23(17-22)34-14-12-33(2)13-15-34/h3-7,16-17,19,21,31,36H,8-15,18H2,1-2H3,(H,30,35). The Morgan fingerprint density at radius 3 is 2.58 bits per heavy atom. The Hall–Kier alpha value is -3.36. The van der Waals surface area contributed by atoms with E-state index in [1.165, 1.54) is 5.69 Å². The number of fused-ring (bicyclic) bond motifs is 1. The van der Waals surface area contributed by atoms with Crippen molar-refractivity contribution in [1.82, 2.24) is 20.1 Å². The predicted octanol–water partition coefficient (Wildman–Crippen LogP) is 3.33. The number of carbonyl (C=O) groups excluding carboxylic acids is 1. The number of carbonyl (C=O) groups is 1. The van der Waals surface area contributed by atoms with Crippen molar-refractivity contribution in [2.75, 3.05) is 58.3 Å². The normalized spacial score (nSPS) is 18.3. The van der Waals surface area contributed by atoms with Gasteiger partial charge in [0.05, 0.1) is 11.3 Å². The molecule has 0 unspecified atom stereocenters. The van der Waals surface area contributed by atoms with Crippen molar-refractivity contribution in [2.24, 2.45) is 10.9 Å². The fraction of sp³-hybridized carbons (Fsp3) is 0.429. The van der Waals surface area contributed by atoms with Crippen molar-refractivity contribution in [1.29, 1.82) is 0 Å². The lowest BCUT2D eigenvalue weighted by Crippen LogP contribution is -2.44. The minimum absolute atomic E-state index is 0.0885. The minimum atomic E-state index is 0.0885. The summed E-state index contributed by atoms with van der Waals surface area (Å²) in [6.07, 6.45) is 3.53. The molecule has 2 aliphatic rings. The highest BCUT2D eigenvalue weighted by Gasteiger charge is 2.23. The Bertz CT molecular complexity index is 1240. The second kappa shape index (κ2) is 10.7. The van der Waals surface area contributed by atoms with Crippen LogP contribution in [0.1, 0.15) is 24.0 Å². The number of hydrogen-bond acceptors (Lipinski definition) is 6. The molecule has 8 heteroatoms. The number of hydrogen-bond donors (Lipinski definition) is 3. The van der Waals surface area contributed by atoms with Gasteiger partial charge in [-0.05, 0) is 75.9 Å². The van der Waals surface area contributed by atoms with Crippen molar-refractivity contribution < 1.29 is 9.90 Å². The number of likely N-dealkylation sites (tertiary alicyclic amines) is 1. The molecule has 3 N–H and O–H groups in total. The van der Waals surface area contributed by atoms with Crippen LogP contribution in [-0.4, -0.2) is 85.4 Å². The highest BCUT2D eigenvalue weighted by Crippen LogP contribution is 2.28. The molecule has 2 saturated heterocycles. The molecule has 8 nitrogen and oxygen atoms in total. The predicted molar refractivity (Wildman–Crippen MR) is 145 cm³/mol. The van der Waals surface area contributed by atoms with E-state index in [0.29, 0.717) is 12.1 Å². The Labute approximate surface area is 212 Å². The van der Waals surface area contributed by atoms with Crippen LogP contribution in [0.5, 0.6) is 5.88 Å². The van der Waals surface area contributed by atoms with Crippen LogP contribution in [0.15, 0.2) is 47.5 Å². The number of aromatic amines is 1. The SMILES string of the molecule is CN1CCC(C(=O)NCc2ccc3[nH]c(O)c(C=Nc4cccc(N5CCN(C)CC5)c4)c3c2)CC1. The first-order valence-electron chi connectivity index (χ1n) is 12.8. The molecule has 0 bridgehead atoms. The average Bonchev–Trinajstić information content (AvgIpc) is 3.21. The van der Waals surface area contributed by atoms with Gasteiger partial charge in [0.1, 0.15) is 0 Å². The second-order valence-electron chi connectivity index (χ2n) is 10.1. The van der Waals surface area contributed by atoms with Crippen LogP contribution in [0, 0.1) is 5.92 Å². The zero-order valence-electron chi connectivity index (χ0n) is 21.2. The van der Waals surface area contributed by atoms with Gasteiger partial charge in [-0.15, -0.1) is 0 Å². The number of H-pyrrole nitrogens is 1. The lowest BCUT2D eigenvalue weighted by atomic mass is 9.96. The van der Waals surface area contributed by atoms with Gasteiger partial charge in [-0.1, -0.05) is 12.1 Å². The third-order valence-electron chi connectivity index (χ3n) is 7.48. The molecule has 0 radical (unpaired) electrons. The number of anilines is 1. The molecule has 2 aromatic carbocycles. The van der Waals surface area contributed by atoms with E-state index in [2.05, 4.69) is 56.2 Å². The molecule has 0 saturated carbocycles. The van der Waals surface area contributed by atoms with Gasteiger partial charge in [0.15, 0.2) is 5.88 Å². The fourth-order valence-corrected chi connectivity index (χ4v) is 5.06. The molecule has 1 amide bonds. The number of piperazine rings is 1. The highest BCUT2D eigenvalue weighted by atomic mass is 16.3. The number of aliphatic imine (C=N–C) groups is 1. The van der Waals surface area contributed by atoms with E-state index in [1.54, 1.807) is 6.21 Å². The third kappa shape index (κ3) is 5.55. The number of piperidine rings is 1. The maximum atomic E-state index is 12.6. The van der Waals surface area contributed by atoms with E-state index in [-0.39, 0.29) is 17.7 Å². The molecule has 36 heavy (non-hydrogen) atoms. The number of nitrogens with one attached hydrogen (secondary N) is 2. The third-order valence-corrected chi connectivity index (χ3v) is 7.48. The number of benzene rings is 2. The molecule has 3 aromatic rings. The van der Waals surface area contributed by atoms with Crippen LogP contribution in [0.2, 0.25) is 0 Å². The lowest BCUT2D eigenvalue weighted by Gasteiger charge is -2.34. The second-order valence-corrected chi connectivity index (χ2v) is 10.1. The summed E-state index contributed by atoms with van der Waals surface area (Å²) in [5.74, 6) is 0.309. The van der Waals surface area contributed by atoms with Crippen molar-refractivity contribution in [3.63, 3.8) is 0 Å². The molecule has 0 aliphatic carbocycles. The molecular formula is C28H36N6O2. The first-order chi connectivity index (χ1) is 17.5. The summed E-state index contributed by atoms with van der Waals surface area (Å²) in [5.41, 5.74) is 4.50. The van der Waals surface area contributed by atoms with E-state index in [0.717, 1.165) is 74.3 Å². The number of amides is 1. The smallest absolute Gasteiger partial charge is 0.223 e. The van der Waals surface area contributed by atoms with E-state index in [4.69, 9.17) is 0 Å². The van der Waals surface area contributed by atoms with Gasteiger partial charge >= 0.3 is 0 Å². The minimum Gasteiger partial charge on any atom is -0.494 e. The fourth-order valence-electron chi connectivity index (χ4n) is 5.06. The van der Waals surface area contributed by atoms with E-state index < -0.39 is 0 Å². The van der Waals surface area contributed by atoms with Gasteiger partial charge in [-0.3, -0.25) is 9.79 Å². The molecule has 2 aliphatic heterocycles.